The molecular formula is C120H180O25. The van der Waals surface area contributed by atoms with E-state index in [-0.39, 0.29) is 164 Å². The lowest BCUT2D eigenvalue weighted by molar-refractivity contribution is -0.162. The lowest BCUT2D eigenvalue weighted by atomic mass is 9.65. The second-order valence-electron chi connectivity index (χ2n) is 39.4. The second-order valence-corrected chi connectivity index (χ2v) is 39.4. The predicted octanol–water partition coefficient (Wildman–Crippen LogP) is 21.0. The first-order valence-corrected chi connectivity index (χ1v) is 50.0. The summed E-state index contributed by atoms with van der Waals surface area (Å²) in [6, 6.07) is -8.45. The number of ether oxygens (including phenoxy) is 10. The van der Waals surface area contributed by atoms with E-state index in [0.717, 1.165) is 41.5 Å². The van der Waals surface area contributed by atoms with Crippen LogP contribution in [0.4, 0.5) is 0 Å². The molecule has 25 heteroatoms. The Balaban J connectivity index is 0.000000231. The molecule has 0 amide bonds. The summed E-state index contributed by atoms with van der Waals surface area (Å²) in [6.07, 6.45) is -39.7. The number of aliphatic hydroxyl groups excluding tert-OH is 5. The molecule has 5 fully saturated rings. The number of fused-ring (bicyclic) bond motifs is 5. The summed E-state index contributed by atoms with van der Waals surface area (Å²) in [5.74, 6) is -55.0. The molecule has 145 heavy (non-hydrogen) atoms. The molecule has 5 N–H and O–H groups in total. The minimum Gasteiger partial charge on any atom is -0.462 e. The number of rotatable bonds is 30. The van der Waals surface area contributed by atoms with Crippen LogP contribution in [0.25, 0.3) is 0 Å². The fourth-order valence-corrected chi connectivity index (χ4v) is 20.3. The quantitative estimate of drug-likeness (QED) is 0.0329. The average molecular weight is 2080 g/mol. The molecule has 9 unspecified atom stereocenters. The predicted molar refractivity (Wildman–Crippen MR) is 554 cm³/mol. The zero-order valence-corrected chi connectivity index (χ0v) is 84.8. The van der Waals surface area contributed by atoms with Gasteiger partial charge in [-0.15, -0.1) is 0 Å². The van der Waals surface area contributed by atoms with Crippen LogP contribution in [-0.2, 0) is 95.3 Å². The number of hydrogen-bond acceptors (Lipinski definition) is 25. The summed E-state index contributed by atoms with van der Waals surface area (Å²) in [5, 5.41) is 50.0. The molecule has 5 heterocycles. The van der Waals surface area contributed by atoms with Crippen molar-refractivity contribution >= 4 is 59.7 Å². The molecule has 5 aliphatic heterocycles. The highest BCUT2D eigenvalue weighted by Gasteiger charge is 2.50. The minimum absolute atomic E-state index is 0.0110. The zero-order valence-electron chi connectivity index (χ0n) is 141. The van der Waals surface area contributed by atoms with E-state index in [0.29, 0.717) is 0 Å². The molecule has 0 bridgehead atoms. The van der Waals surface area contributed by atoms with Gasteiger partial charge in [0, 0.05) is 118 Å². The Bertz CT molecular complexity index is 7570. The molecule has 0 aromatic rings. The first kappa shape index (κ1) is 61.4. The molecule has 0 radical (unpaired) electrons. The van der Waals surface area contributed by atoms with Gasteiger partial charge in [-0.3, -0.25) is 47.9 Å². The van der Waals surface area contributed by atoms with Crippen LogP contribution in [0, 0.1) is 148 Å². The van der Waals surface area contributed by atoms with Gasteiger partial charge in [-0.05, 0) is 244 Å². The highest BCUT2D eigenvalue weighted by Crippen LogP contribution is 2.53. The summed E-state index contributed by atoms with van der Waals surface area (Å²) in [7, 11) is 0. The van der Waals surface area contributed by atoms with Crippen LogP contribution in [-0.4, -0.2) is 177 Å². The van der Waals surface area contributed by atoms with Crippen LogP contribution in [0.1, 0.15) is 407 Å². The van der Waals surface area contributed by atoms with E-state index in [2.05, 4.69) is 0 Å². The minimum atomic E-state index is -3.68. The van der Waals surface area contributed by atoms with Crippen molar-refractivity contribution in [3.05, 3.63) is 119 Å². The van der Waals surface area contributed by atoms with Crippen LogP contribution >= 0.6 is 0 Å². The molecule has 15 rings (SSSR count). The van der Waals surface area contributed by atoms with E-state index in [1.807, 2.05) is 0 Å². The van der Waals surface area contributed by atoms with Gasteiger partial charge in [0.05, 0.1) is 113 Å². The Morgan fingerprint density at radius 2 is 0.566 bits per heavy atom. The third-order valence-electron chi connectivity index (χ3n) is 28.1. The van der Waals surface area contributed by atoms with Crippen molar-refractivity contribution in [3.8, 4) is 0 Å². The smallest absolute Gasteiger partial charge is 0.308 e. The SMILES string of the molecule is [2H]C1=C([2H])[C@]([2H])(C)[C@H](CCC2C[C@@H](O)CC(=O)O2)[C@@H]2C1=C([2H])[C@]([2H])(C)C([2H])([2H])C2OC(=O)[C@@H](C([2H])([2H])[2H])C([2H])([2H])C([2H])([2H])[2H].[2H]C1=C([2H])[C@]([2H])(C)[C@H](CCC2C[C@@H](O)CC(=O)O2)[C@@H]2C1=C([2H])[C@]([2H])(C)C([2H])([2H])C2OC(=O)[C@@H](C)C([2H])([2H])C([2H])([2H])[2H].[2H]C1=C([2H])[C@]([2H])(C)[C@H](CCC2C[C@@H](O)CC(=O)O2)[C@@H]2C1=C([2H])[C@]([2H])(C)C([2H])([2H])C2OC(=O)[C@H](CC)C([2H])([2H])[2H].[2H]C1=C([2H])[C@]([2H])(C)[C@H](CCC2C[C@@H](O)CC(=O)O2)[C@@H]2C1=C([2H])[C@]([2H])(C)C([2H])([2H])C2OC(=O)[C@]([2H])(CC)C([2H])([2H])[2H].[2H]C1=C([2H])[C@]([2H])(C)[C@H](CCC2C[C@@H](O)CC(=O)O2)[C@@H]2C1=C([2H])[C@]([2H])(C)C([2H])([2H])[C@@H]2OC(=O)[C@@]([2H])(C)CC. The summed E-state index contributed by atoms with van der Waals surface area (Å²) in [6.45, 7) is 2.28. The van der Waals surface area contributed by atoms with Crippen LogP contribution < -0.4 is 0 Å². The molecule has 0 saturated carbocycles. The van der Waals surface area contributed by atoms with Crippen LogP contribution in [0.5, 0.6) is 0 Å². The monoisotopic (exact) mass is 2080 g/mol. The van der Waals surface area contributed by atoms with Gasteiger partial charge in [0.1, 0.15) is 61.0 Å². The fraction of sp³-hybridized carbons (Fsp3) is 0.750. The normalized spacial score (nSPS) is 52.4. The van der Waals surface area contributed by atoms with Gasteiger partial charge in [0.15, 0.2) is 0 Å². The van der Waals surface area contributed by atoms with E-state index in [4.69, 9.17) is 124 Å². The van der Waals surface area contributed by atoms with Crippen LogP contribution in [0.3, 0.4) is 0 Å². The van der Waals surface area contributed by atoms with Gasteiger partial charge in [0.2, 0.25) is 0 Å². The summed E-state index contributed by atoms with van der Waals surface area (Å²) >= 11 is 0. The number of allylic oxidation sites excluding steroid dienone is 15. The largest absolute Gasteiger partial charge is 0.462 e. The topological polar surface area (TPSA) is 364 Å². The Hall–Kier alpha value is -8.10. The first-order chi connectivity index (χ1) is 90.6. The van der Waals surface area contributed by atoms with Crippen molar-refractivity contribution < 1.29 is 198 Å². The molecule has 0 spiro atoms. The highest BCUT2D eigenvalue weighted by atomic mass is 16.6. The van der Waals surface area contributed by atoms with Gasteiger partial charge in [-0.25, -0.2) is 0 Å². The average Bonchev–Trinajstić information content (AvgIpc) is 0.710. The second kappa shape index (κ2) is 55.1. The first-order valence-electron chi connectivity index (χ1n) is 78.0. The Labute approximate surface area is 944 Å². The Kier molecular flexibility index (Phi) is 23.3. The molecular weight excluding hydrogens is 1840 g/mol. The maximum Gasteiger partial charge on any atom is 0.308 e. The van der Waals surface area contributed by atoms with Crippen molar-refractivity contribution in [2.45, 2.75) is 422 Å². The van der Waals surface area contributed by atoms with Crippen molar-refractivity contribution in [1.82, 2.24) is 0 Å². The van der Waals surface area contributed by atoms with Gasteiger partial charge >= 0.3 is 59.7 Å². The number of carbonyl (C=O) groups is 10. The van der Waals surface area contributed by atoms with E-state index >= 15 is 0 Å². The molecule has 0 aromatic carbocycles. The van der Waals surface area contributed by atoms with Gasteiger partial charge in [-0.2, -0.15) is 0 Å². The molecule has 15 aliphatic rings. The fourth-order valence-electron chi connectivity index (χ4n) is 20.3. The van der Waals surface area contributed by atoms with E-state index in [1.54, 1.807) is 6.92 Å². The van der Waals surface area contributed by atoms with Crippen LogP contribution in [0.15, 0.2) is 119 Å². The number of cyclic esters (lactones) is 5. The maximum atomic E-state index is 13.5. The maximum absolute atomic E-state index is 13.5. The van der Waals surface area contributed by atoms with E-state index < -0.39 is 481 Å². The lowest BCUT2D eigenvalue weighted by Gasteiger charge is -2.43. The third kappa shape index (κ3) is 33.0. The number of hydrogen-bond donors (Lipinski definition) is 5. The molecule has 810 valence electrons. The molecule has 10 aliphatic carbocycles. The van der Waals surface area contributed by atoms with Crippen molar-refractivity contribution in [1.29, 1.82) is 0 Å². The summed E-state index contributed by atoms with van der Waals surface area (Å²) < 4.78 is 524. The summed E-state index contributed by atoms with van der Waals surface area (Å²) in [4.78, 5) is 125. The summed E-state index contributed by atoms with van der Waals surface area (Å²) in [5.41, 5.74) is -1.23. The van der Waals surface area contributed by atoms with Crippen molar-refractivity contribution in [3.63, 3.8) is 0 Å². The van der Waals surface area contributed by atoms with Crippen molar-refractivity contribution in [2.75, 3.05) is 0 Å². The molecule has 0 aromatic heterocycles. The Morgan fingerprint density at radius 1 is 0.345 bits per heavy atom. The van der Waals surface area contributed by atoms with E-state index in [1.165, 1.54) is 55.4 Å². The number of aliphatic hydroxyl groups is 5. The number of esters is 10. The molecule has 5 saturated heterocycles. The number of carbonyl (C=O) groups excluding carboxylic acids is 10. The Morgan fingerprint density at radius 3 is 0.779 bits per heavy atom. The lowest BCUT2D eigenvalue weighted by Crippen LogP contribution is -2.42. The highest BCUT2D eigenvalue weighted by molar-refractivity contribution is 5.76. The molecule has 40 atom stereocenters. The van der Waals surface area contributed by atoms with E-state index in [9.17, 15) is 73.5 Å². The van der Waals surface area contributed by atoms with Gasteiger partial charge < -0.3 is 72.9 Å². The zero-order chi connectivity index (χ0) is 155. The standard InChI is InChI=1S/5C24H36O5/c5*1-5-15(3)24(27)29-21-11-14(2)10-17-7-6-16(4)20(23(17)21)9-8-19-12-18(25)13-22(26)28-19/h5*6-7,10,14-16,18-21,23,25H,5,8-9,11-13H2,1-4H3/t4*14-,15-,16-,18+,19?,20-,21?,23-;14-,15-,16-,18+,19?,20-,21-,23-/m00000/s1/i1D3,3D3,5D2,6D,7D,10D,11D2,14D,16D;3D3,6D,7D,10D,11D2,14D,15D,16D;1D3,5D2,6D,7D,10D,11D2,14D,16D;3D3,6D,7D,10D,11D2,14D,16D;6D,7D,10D,11D2,14D,15D,16D. The molecule has 25 nitrogen and oxygen atoms in total. The van der Waals surface area contributed by atoms with Gasteiger partial charge in [-0.1, -0.05) is 229 Å². The third-order valence-corrected chi connectivity index (χ3v) is 28.1. The van der Waals surface area contributed by atoms with Crippen LogP contribution in [0.2, 0.25) is 0 Å². The van der Waals surface area contributed by atoms with Gasteiger partial charge in [0.25, 0.3) is 0 Å². The van der Waals surface area contributed by atoms with Crippen molar-refractivity contribution in [2.24, 2.45) is 148 Å².